The number of thiophene rings is 1. The molecule has 0 fully saturated rings. The average Bonchev–Trinajstić information content (AvgIpc) is 2.90. The van der Waals surface area contributed by atoms with Gasteiger partial charge < -0.3 is 5.73 Å². The van der Waals surface area contributed by atoms with Crippen molar-refractivity contribution >= 4 is 44.3 Å². The molecule has 5 nitrogen and oxygen atoms in total. The fourth-order valence-electron chi connectivity index (χ4n) is 1.57. The SMILES string of the molecule is CN(c1cc(Cl)ccc1N)S(=O)(=O)c1ccc(C#N)s1. The summed E-state index contributed by atoms with van der Waals surface area (Å²) in [7, 11) is -2.37. The summed E-state index contributed by atoms with van der Waals surface area (Å²) in [6.45, 7) is 0. The number of halogens is 1. The third-order valence-corrected chi connectivity index (χ3v) is 6.10. The van der Waals surface area contributed by atoms with Crippen LogP contribution in [-0.4, -0.2) is 15.5 Å². The molecule has 1 aromatic heterocycles. The summed E-state index contributed by atoms with van der Waals surface area (Å²) < 4.78 is 26.0. The summed E-state index contributed by atoms with van der Waals surface area (Å²) >= 11 is 6.77. The van der Waals surface area contributed by atoms with Crippen molar-refractivity contribution in [1.82, 2.24) is 0 Å². The van der Waals surface area contributed by atoms with Crippen molar-refractivity contribution in [2.24, 2.45) is 0 Å². The Morgan fingerprint density at radius 2 is 2.05 bits per heavy atom. The van der Waals surface area contributed by atoms with Crippen LogP contribution in [-0.2, 0) is 10.0 Å². The van der Waals surface area contributed by atoms with Crippen LogP contribution in [0, 0.1) is 11.3 Å². The van der Waals surface area contributed by atoms with Gasteiger partial charge in [0.05, 0.1) is 11.4 Å². The van der Waals surface area contributed by atoms with Crippen LogP contribution in [0.1, 0.15) is 4.88 Å². The van der Waals surface area contributed by atoms with Crippen LogP contribution in [0.3, 0.4) is 0 Å². The van der Waals surface area contributed by atoms with Gasteiger partial charge in [0.1, 0.15) is 15.2 Å². The molecule has 0 saturated carbocycles. The van der Waals surface area contributed by atoms with Gasteiger partial charge in [-0.2, -0.15) is 5.26 Å². The van der Waals surface area contributed by atoms with E-state index in [1.807, 2.05) is 6.07 Å². The molecule has 0 radical (unpaired) electrons. The summed E-state index contributed by atoms with van der Waals surface area (Å²) in [4.78, 5) is 0.330. The monoisotopic (exact) mass is 327 g/mol. The van der Waals surface area contributed by atoms with Crippen LogP contribution in [0.25, 0.3) is 0 Å². The Hall–Kier alpha value is -1.75. The highest BCUT2D eigenvalue weighted by molar-refractivity contribution is 7.94. The molecule has 8 heteroatoms. The minimum atomic E-state index is -3.76. The highest BCUT2D eigenvalue weighted by Gasteiger charge is 2.24. The molecular formula is C12H10ClN3O2S2. The van der Waals surface area contributed by atoms with Gasteiger partial charge in [-0.3, -0.25) is 4.31 Å². The van der Waals surface area contributed by atoms with Crippen LogP contribution < -0.4 is 10.0 Å². The van der Waals surface area contributed by atoms with E-state index < -0.39 is 10.0 Å². The first-order valence-electron chi connectivity index (χ1n) is 5.40. The van der Waals surface area contributed by atoms with Crippen molar-refractivity contribution in [1.29, 1.82) is 5.26 Å². The van der Waals surface area contributed by atoms with E-state index in [0.29, 0.717) is 21.3 Å². The molecule has 0 amide bonds. The summed E-state index contributed by atoms with van der Waals surface area (Å²) in [5, 5.41) is 9.16. The van der Waals surface area contributed by atoms with Gasteiger partial charge in [0.15, 0.2) is 0 Å². The lowest BCUT2D eigenvalue weighted by molar-refractivity contribution is 0.596. The number of nitrogens with two attached hydrogens (primary N) is 1. The molecular weight excluding hydrogens is 318 g/mol. The van der Waals surface area contributed by atoms with E-state index in [4.69, 9.17) is 22.6 Å². The lowest BCUT2D eigenvalue weighted by Crippen LogP contribution is -2.26. The second kappa shape index (κ2) is 5.32. The Bertz CT molecular complexity index is 793. The number of nitriles is 1. The zero-order chi connectivity index (χ0) is 14.9. The minimum Gasteiger partial charge on any atom is -0.397 e. The average molecular weight is 328 g/mol. The Morgan fingerprint density at radius 1 is 1.35 bits per heavy atom. The molecule has 0 aliphatic rings. The normalized spacial score (nSPS) is 11.1. The van der Waals surface area contributed by atoms with Crippen LogP contribution >= 0.6 is 22.9 Å². The van der Waals surface area contributed by atoms with Crippen LogP contribution in [0.5, 0.6) is 0 Å². The molecule has 0 spiro atoms. The van der Waals surface area contributed by atoms with Crippen molar-refractivity contribution in [3.63, 3.8) is 0 Å². The van der Waals surface area contributed by atoms with Crippen molar-refractivity contribution in [2.45, 2.75) is 4.21 Å². The lowest BCUT2D eigenvalue weighted by atomic mass is 10.3. The summed E-state index contributed by atoms with van der Waals surface area (Å²) in [6, 6.07) is 9.38. The van der Waals surface area contributed by atoms with Gasteiger partial charge in [-0.25, -0.2) is 8.42 Å². The zero-order valence-corrected chi connectivity index (χ0v) is 12.8. The summed E-state index contributed by atoms with van der Waals surface area (Å²) in [5.41, 5.74) is 6.38. The molecule has 104 valence electrons. The number of hydrogen-bond donors (Lipinski definition) is 1. The number of nitrogen functional groups attached to an aromatic ring is 1. The van der Waals surface area contributed by atoms with Gasteiger partial charge >= 0.3 is 0 Å². The Labute approximate surface area is 125 Å². The van der Waals surface area contributed by atoms with E-state index in [0.717, 1.165) is 15.6 Å². The molecule has 0 saturated heterocycles. The van der Waals surface area contributed by atoms with Gasteiger partial charge in [-0.1, -0.05) is 11.6 Å². The molecule has 0 atom stereocenters. The molecule has 20 heavy (non-hydrogen) atoms. The van der Waals surface area contributed by atoms with E-state index >= 15 is 0 Å². The number of sulfonamides is 1. The molecule has 2 aromatic rings. The van der Waals surface area contributed by atoms with Gasteiger partial charge in [0.2, 0.25) is 0 Å². The predicted molar refractivity (Wildman–Crippen MR) is 80.5 cm³/mol. The number of rotatable bonds is 3. The fraction of sp³-hybridized carbons (Fsp3) is 0.0833. The van der Waals surface area contributed by atoms with Gasteiger partial charge in [-0.15, -0.1) is 11.3 Å². The van der Waals surface area contributed by atoms with Crippen molar-refractivity contribution in [2.75, 3.05) is 17.1 Å². The molecule has 2 N–H and O–H groups in total. The fourth-order valence-corrected chi connectivity index (χ4v) is 4.23. The van der Waals surface area contributed by atoms with E-state index in [9.17, 15) is 8.42 Å². The van der Waals surface area contributed by atoms with E-state index in [2.05, 4.69) is 0 Å². The highest BCUT2D eigenvalue weighted by Crippen LogP contribution is 2.32. The topological polar surface area (TPSA) is 87.2 Å². The predicted octanol–water partition coefficient (Wildman–Crippen LogP) is 2.68. The Kier molecular flexibility index (Phi) is 3.90. The summed E-state index contributed by atoms with van der Waals surface area (Å²) in [6.07, 6.45) is 0. The molecule has 0 unspecified atom stereocenters. The number of hydrogen-bond acceptors (Lipinski definition) is 5. The second-order valence-electron chi connectivity index (χ2n) is 3.91. The largest absolute Gasteiger partial charge is 0.397 e. The quantitative estimate of drug-likeness (QED) is 0.878. The third-order valence-electron chi connectivity index (χ3n) is 2.64. The molecule has 1 aromatic carbocycles. The highest BCUT2D eigenvalue weighted by atomic mass is 35.5. The van der Waals surface area contributed by atoms with Crippen LogP contribution in [0.2, 0.25) is 5.02 Å². The summed E-state index contributed by atoms with van der Waals surface area (Å²) in [5.74, 6) is 0. The Balaban J connectivity index is 2.49. The van der Waals surface area contributed by atoms with Gasteiger partial charge in [0.25, 0.3) is 10.0 Å². The minimum absolute atomic E-state index is 0.0796. The first-order chi connectivity index (χ1) is 9.36. The van der Waals surface area contributed by atoms with Crippen LogP contribution in [0.15, 0.2) is 34.5 Å². The lowest BCUT2D eigenvalue weighted by Gasteiger charge is -2.20. The molecule has 2 rings (SSSR count). The smallest absolute Gasteiger partial charge is 0.273 e. The van der Waals surface area contributed by atoms with Crippen molar-refractivity contribution in [3.05, 3.63) is 40.2 Å². The standard InChI is InChI=1S/C12H10ClN3O2S2/c1-16(11-6-8(13)2-4-10(11)15)20(17,18)12-5-3-9(7-14)19-12/h2-6H,15H2,1H3. The molecule has 0 bridgehead atoms. The maximum absolute atomic E-state index is 12.5. The third kappa shape index (κ3) is 2.58. The molecule has 1 heterocycles. The first kappa shape index (κ1) is 14.7. The number of anilines is 2. The van der Waals surface area contributed by atoms with Gasteiger partial charge in [0, 0.05) is 12.1 Å². The number of nitrogens with zero attached hydrogens (tertiary/aromatic N) is 2. The maximum atomic E-state index is 12.5. The van der Waals surface area contributed by atoms with Crippen molar-refractivity contribution < 1.29 is 8.42 Å². The maximum Gasteiger partial charge on any atom is 0.273 e. The second-order valence-corrected chi connectivity index (χ2v) is 7.62. The number of benzene rings is 1. The van der Waals surface area contributed by atoms with Crippen molar-refractivity contribution in [3.8, 4) is 6.07 Å². The van der Waals surface area contributed by atoms with E-state index in [1.54, 1.807) is 12.1 Å². The van der Waals surface area contributed by atoms with E-state index in [1.165, 1.54) is 25.2 Å². The molecule has 0 aliphatic carbocycles. The van der Waals surface area contributed by atoms with Gasteiger partial charge in [-0.05, 0) is 30.3 Å². The Morgan fingerprint density at radius 3 is 2.65 bits per heavy atom. The molecule has 0 aliphatic heterocycles. The van der Waals surface area contributed by atoms with Crippen LogP contribution in [0.4, 0.5) is 11.4 Å². The van der Waals surface area contributed by atoms with E-state index in [-0.39, 0.29) is 4.21 Å². The first-order valence-corrected chi connectivity index (χ1v) is 8.03. The zero-order valence-electron chi connectivity index (χ0n) is 10.4.